The van der Waals surface area contributed by atoms with E-state index in [2.05, 4.69) is 5.32 Å². The maximum atomic E-state index is 13.2. The number of nitrogens with one attached hydrogen (secondary N) is 1. The van der Waals surface area contributed by atoms with Gasteiger partial charge >= 0.3 is 0 Å². The van der Waals surface area contributed by atoms with Crippen molar-refractivity contribution in [1.82, 2.24) is 5.32 Å². The second-order valence-electron chi connectivity index (χ2n) is 6.71. The fourth-order valence-corrected chi connectivity index (χ4v) is 4.16. The Morgan fingerprint density at radius 2 is 2.08 bits per heavy atom. The van der Waals surface area contributed by atoms with Gasteiger partial charge in [-0.1, -0.05) is 30.2 Å². The molecule has 1 heterocycles. The maximum Gasteiger partial charge on any atom is 0.231 e. The van der Waals surface area contributed by atoms with Crippen LogP contribution >= 0.6 is 24.0 Å². The normalized spacial score (nSPS) is 25.8. The van der Waals surface area contributed by atoms with Crippen molar-refractivity contribution in [2.45, 2.75) is 43.6 Å². The van der Waals surface area contributed by atoms with Crippen molar-refractivity contribution in [3.63, 3.8) is 0 Å². The lowest BCUT2D eigenvalue weighted by Crippen LogP contribution is -2.52. The van der Waals surface area contributed by atoms with Gasteiger partial charge in [-0.3, -0.25) is 4.79 Å². The maximum absolute atomic E-state index is 13.2. The number of benzene rings is 1. The minimum absolute atomic E-state index is 0. The molecule has 2 fully saturated rings. The molecule has 6 heteroatoms. The summed E-state index contributed by atoms with van der Waals surface area (Å²) in [6.45, 7) is 1.84. The lowest BCUT2D eigenvalue weighted by atomic mass is 9.73. The standard InChI is InChI=1S/C18H25ClN2O2.ClH/c19-15-5-2-4-14(11-15)18(7-9-23-10-8-18)17(22)21-16-6-1-3-13(16)12-20;/h2,4-5,11,13,16H,1,3,6-10,12,20H2,(H,21,22);1H. The molecule has 24 heavy (non-hydrogen) atoms. The summed E-state index contributed by atoms with van der Waals surface area (Å²) in [6.07, 6.45) is 4.66. The number of ether oxygens (including phenoxy) is 1. The first-order chi connectivity index (χ1) is 11.2. The van der Waals surface area contributed by atoms with E-state index in [1.807, 2.05) is 24.3 Å². The van der Waals surface area contributed by atoms with Gasteiger partial charge in [0.15, 0.2) is 0 Å². The second kappa shape index (κ2) is 8.52. The molecule has 2 unspecified atom stereocenters. The number of amides is 1. The van der Waals surface area contributed by atoms with Gasteiger partial charge in [0.25, 0.3) is 0 Å². The number of halogens is 2. The summed E-state index contributed by atoms with van der Waals surface area (Å²) >= 11 is 6.17. The van der Waals surface area contributed by atoms with E-state index in [9.17, 15) is 4.79 Å². The van der Waals surface area contributed by atoms with Gasteiger partial charge in [0.05, 0.1) is 5.41 Å². The van der Waals surface area contributed by atoms with Crippen molar-refractivity contribution in [2.75, 3.05) is 19.8 Å². The number of rotatable bonds is 4. The Morgan fingerprint density at radius 1 is 1.33 bits per heavy atom. The van der Waals surface area contributed by atoms with Crippen molar-refractivity contribution in [1.29, 1.82) is 0 Å². The number of carbonyl (C=O) groups is 1. The van der Waals surface area contributed by atoms with Crippen molar-refractivity contribution in [3.05, 3.63) is 34.9 Å². The molecule has 4 nitrogen and oxygen atoms in total. The molecule has 1 saturated heterocycles. The summed E-state index contributed by atoms with van der Waals surface area (Å²) < 4.78 is 5.51. The highest BCUT2D eigenvalue weighted by Crippen LogP contribution is 2.37. The smallest absolute Gasteiger partial charge is 0.231 e. The van der Waals surface area contributed by atoms with Crippen LogP contribution in [0.1, 0.15) is 37.7 Å². The Hall–Kier alpha value is -0.810. The van der Waals surface area contributed by atoms with Crippen LogP contribution in [0.15, 0.2) is 24.3 Å². The molecule has 1 amide bonds. The van der Waals surface area contributed by atoms with E-state index in [4.69, 9.17) is 22.1 Å². The molecule has 0 spiro atoms. The Kier molecular flexibility index (Phi) is 6.93. The zero-order valence-electron chi connectivity index (χ0n) is 13.8. The molecule has 0 radical (unpaired) electrons. The summed E-state index contributed by atoms with van der Waals surface area (Å²) in [5.41, 5.74) is 6.31. The number of hydrogen-bond acceptors (Lipinski definition) is 3. The molecule has 1 aromatic rings. The molecule has 1 aromatic carbocycles. The summed E-state index contributed by atoms with van der Waals surface area (Å²) in [5.74, 6) is 0.503. The zero-order chi connectivity index (χ0) is 16.3. The third kappa shape index (κ3) is 3.88. The largest absolute Gasteiger partial charge is 0.381 e. The predicted molar refractivity (Wildman–Crippen MR) is 98.8 cm³/mol. The fourth-order valence-electron chi connectivity index (χ4n) is 3.97. The van der Waals surface area contributed by atoms with Gasteiger partial charge in [-0.15, -0.1) is 12.4 Å². The minimum atomic E-state index is -0.537. The first-order valence-electron chi connectivity index (χ1n) is 8.50. The molecule has 2 aliphatic rings. The summed E-state index contributed by atoms with van der Waals surface area (Å²) in [4.78, 5) is 13.2. The molecule has 0 aromatic heterocycles. The lowest BCUT2D eigenvalue weighted by Gasteiger charge is -2.37. The van der Waals surface area contributed by atoms with Crippen LogP contribution in [0.4, 0.5) is 0 Å². The van der Waals surface area contributed by atoms with E-state index < -0.39 is 5.41 Å². The highest BCUT2D eigenvalue weighted by molar-refractivity contribution is 6.30. The molecule has 1 saturated carbocycles. The van der Waals surface area contributed by atoms with Crippen LogP contribution in [-0.2, 0) is 14.9 Å². The second-order valence-corrected chi connectivity index (χ2v) is 7.15. The molecular weight excluding hydrogens is 347 g/mol. The van der Waals surface area contributed by atoms with E-state index in [0.717, 1.165) is 24.8 Å². The Balaban J connectivity index is 0.00000208. The van der Waals surface area contributed by atoms with Gasteiger partial charge in [-0.25, -0.2) is 0 Å². The topological polar surface area (TPSA) is 64.3 Å². The van der Waals surface area contributed by atoms with E-state index in [1.54, 1.807) is 0 Å². The minimum Gasteiger partial charge on any atom is -0.381 e. The average molecular weight is 373 g/mol. The molecule has 3 rings (SSSR count). The molecular formula is C18H26Cl2N2O2. The van der Waals surface area contributed by atoms with Gasteiger partial charge in [0.2, 0.25) is 5.91 Å². The number of hydrogen-bond donors (Lipinski definition) is 2. The zero-order valence-corrected chi connectivity index (χ0v) is 15.4. The van der Waals surface area contributed by atoms with E-state index in [1.165, 1.54) is 0 Å². The highest BCUT2D eigenvalue weighted by Gasteiger charge is 2.43. The van der Waals surface area contributed by atoms with E-state index in [-0.39, 0.29) is 24.4 Å². The Morgan fingerprint density at radius 3 is 2.75 bits per heavy atom. The van der Waals surface area contributed by atoms with Crippen LogP contribution in [0.25, 0.3) is 0 Å². The van der Waals surface area contributed by atoms with Crippen LogP contribution in [0.5, 0.6) is 0 Å². The van der Waals surface area contributed by atoms with Crippen molar-refractivity contribution in [2.24, 2.45) is 11.7 Å². The molecule has 3 N–H and O–H groups in total. The van der Waals surface area contributed by atoms with Crippen molar-refractivity contribution < 1.29 is 9.53 Å². The lowest BCUT2D eigenvalue weighted by molar-refractivity contribution is -0.131. The molecule has 0 bridgehead atoms. The Labute approximate surface area is 154 Å². The van der Waals surface area contributed by atoms with Crippen LogP contribution < -0.4 is 11.1 Å². The van der Waals surface area contributed by atoms with Gasteiger partial charge < -0.3 is 15.8 Å². The number of carbonyl (C=O) groups excluding carboxylic acids is 1. The third-order valence-corrected chi connectivity index (χ3v) is 5.67. The highest BCUT2D eigenvalue weighted by atomic mass is 35.5. The monoisotopic (exact) mass is 372 g/mol. The van der Waals surface area contributed by atoms with Crippen LogP contribution in [-0.4, -0.2) is 31.7 Å². The van der Waals surface area contributed by atoms with E-state index >= 15 is 0 Å². The van der Waals surface area contributed by atoms with Gasteiger partial charge in [0.1, 0.15) is 0 Å². The first-order valence-corrected chi connectivity index (χ1v) is 8.88. The molecule has 1 aliphatic heterocycles. The quantitative estimate of drug-likeness (QED) is 0.853. The van der Waals surface area contributed by atoms with Crippen LogP contribution in [0.3, 0.4) is 0 Å². The SMILES string of the molecule is Cl.NCC1CCCC1NC(=O)C1(c2cccc(Cl)c2)CCOCC1. The van der Waals surface area contributed by atoms with Crippen molar-refractivity contribution in [3.8, 4) is 0 Å². The third-order valence-electron chi connectivity index (χ3n) is 5.44. The van der Waals surface area contributed by atoms with Gasteiger partial charge in [-0.2, -0.15) is 0 Å². The molecule has 1 aliphatic carbocycles. The van der Waals surface area contributed by atoms with Gasteiger partial charge in [-0.05, 0) is 55.8 Å². The predicted octanol–water partition coefficient (Wildman–Crippen LogP) is 3.05. The number of nitrogens with two attached hydrogens (primary N) is 1. The first kappa shape index (κ1) is 19.5. The van der Waals surface area contributed by atoms with Crippen LogP contribution in [0, 0.1) is 5.92 Å². The Bertz CT molecular complexity index is 562. The summed E-state index contributed by atoms with van der Waals surface area (Å²) in [6, 6.07) is 7.89. The average Bonchev–Trinajstić information content (AvgIpc) is 3.02. The fraction of sp³-hybridized carbons (Fsp3) is 0.611. The van der Waals surface area contributed by atoms with Crippen molar-refractivity contribution >= 4 is 29.9 Å². The van der Waals surface area contributed by atoms with Gasteiger partial charge in [0, 0.05) is 24.3 Å². The molecule has 2 atom stereocenters. The van der Waals surface area contributed by atoms with Crippen LogP contribution in [0.2, 0.25) is 5.02 Å². The van der Waals surface area contributed by atoms with E-state index in [0.29, 0.717) is 43.5 Å². The summed E-state index contributed by atoms with van der Waals surface area (Å²) in [7, 11) is 0. The molecule has 134 valence electrons. The summed E-state index contributed by atoms with van der Waals surface area (Å²) in [5, 5.41) is 3.96.